The van der Waals surface area contributed by atoms with E-state index in [-0.39, 0.29) is 5.82 Å². The maximum atomic E-state index is 13.6. The van der Waals surface area contributed by atoms with Crippen LogP contribution in [0.3, 0.4) is 0 Å². The summed E-state index contributed by atoms with van der Waals surface area (Å²) >= 11 is 0. The zero-order valence-corrected chi connectivity index (χ0v) is 9.95. The van der Waals surface area contributed by atoms with Crippen LogP contribution in [0.2, 0.25) is 0 Å². The van der Waals surface area contributed by atoms with E-state index in [1.807, 2.05) is 12.1 Å². The van der Waals surface area contributed by atoms with Crippen LogP contribution in [0.1, 0.15) is 31.2 Å². The van der Waals surface area contributed by atoms with Gasteiger partial charge in [-0.15, -0.1) is 0 Å². The highest BCUT2D eigenvalue weighted by Gasteiger charge is 2.40. The third-order valence-corrected chi connectivity index (χ3v) is 4.00. The van der Waals surface area contributed by atoms with Crippen molar-refractivity contribution in [1.29, 1.82) is 0 Å². The number of nitrogens with zero attached hydrogens (tertiary/aromatic N) is 1. The maximum absolute atomic E-state index is 13.6. The molecule has 2 saturated heterocycles. The molecule has 2 nitrogen and oxygen atoms in total. The minimum atomic E-state index is -0.154. The number of aryl methyl sites for hydroxylation is 1. The predicted molar refractivity (Wildman–Crippen MR) is 64.7 cm³/mol. The van der Waals surface area contributed by atoms with Gasteiger partial charge in [-0.3, -0.25) is 4.79 Å². The third kappa shape index (κ3) is 1.74. The molecule has 3 rings (SSSR count). The van der Waals surface area contributed by atoms with Crippen LogP contribution in [-0.2, 0) is 4.79 Å². The lowest BCUT2D eigenvalue weighted by Gasteiger charge is -2.36. The number of carbonyl (C=O) groups excluding carboxylic acids is 1. The van der Waals surface area contributed by atoms with Crippen LogP contribution in [0.4, 0.5) is 10.1 Å². The average molecular weight is 233 g/mol. The molecule has 2 bridgehead atoms. The number of fused-ring (bicyclic) bond motifs is 2. The Bertz CT molecular complexity index is 455. The Balaban J connectivity index is 1.94. The first-order chi connectivity index (χ1) is 8.15. The van der Waals surface area contributed by atoms with Crippen LogP contribution in [0.25, 0.3) is 0 Å². The summed E-state index contributed by atoms with van der Waals surface area (Å²) in [4.78, 5) is 13.8. The Kier molecular flexibility index (Phi) is 2.42. The van der Waals surface area contributed by atoms with Crippen molar-refractivity contribution >= 4 is 11.5 Å². The highest BCUT2D eigenvalue weighted by atomic mass is 19.1. The number of benzene rings is 1. The van der Waals surface area contributed by atoms with Crippen molar-refractivity contribution in [1.82, 2.24) is 0 Å². The Hall–Kier alpha value is -1.38. The SMILES string of the molecule is Cc1ccc(N2C3CCC2CC(=O)C3)cc1F. The van der Waals surface area contributed by atoms with E-state index in [0.717, 1.165) is 18.5 Å². The summed E-state index contributed by atoms with van der Waals surface area (Å²) in [6.07, 6.45) is 3.38. The molecule has 2 aliphatic rings. The minimum absolute atomic E-state index is 0.154. The number of carbonyl (C=O) groups is 1. The molecule has 2 aliphatic heterocycles. The van der Waals surface area contributed by atoms with E-state index in [2.05, 4.69) is 4.90 Å². The number of piperidine rings is 1. The lowest BCUT2D eigenvalue weighted by atomic mass is 10.0. The molecule has 1 aromatic carbocycles. The highest BCUT2D eigenvalue weighted by molar-refractivity contribution is 5.83. The van der Waals surface area contributed by atoms with Crippen LogP contribution in [-0.4, -0.2) is 17.9 Å². The standard InChI is InChI=1S/C14H16FNO/c1-9-2-3-12(8-14(9)15)16-10-4-5-11(16)7-13(17)6-10/h2-3,8,10-11H,4-7H2,1H3. The molecular weight excluding hydrogens is 217 g/mol. The van der Waals surface area contributed by atoms with Gasteiger partial charge in [0.2, 0.25) is 0 Å². The normalized spacial score (nSPS) is 27.6. The van der Waals surface area contributed by atoms with Crippen LogP contribution in [0, 0.1) is 12.7 Å². The monoisotopic (exact) mass is 233 g/mol. The van der Waals surface area contributed by atoms with E-state index in [1.54, 1.807) is 13.0 Å². The molecule has 2 atom stereocenters. The number of anilines is 1. The van der Waals surface area contributed by atoms with Gasteiger partial charge in [-0.25, -0.2) is 4.39 Å². The van der Waals surface area contributed by atoms with Gasteiger partial charge < -0.3 is 4.90 Å². The van der Waals surface area contributed by atoms with Gasteiger partial charge in [0.15, 0.2) is 0 Å². The number of ketones is 1. The molecule has 0 saturated carbocycles. The summed E-state index contributed by atoms with van der Waals surface area (Å²) in [6, 6.07) is 5.99. The molecule has 0 amide bonds. The van der Waals surface area contributed by atoms with Gasteiger partial charge in [0.05, 0.1) is 0 Å². The molecule has 0 aliphatic carbocycles. The zero-order valence-electron chi connectivity index (χ0n) is 9.95. The molecule has 17 heavy (non-hydrogen) atoms. The molecule has 1 aromatic rings. The second-order valence-electron chi connectivity index (χ2n) is 5.17. The molecule has 3 heteroatoms. The summed E-state index contributed by atoms with van der Waals surface area (Å²) < 4.78 is 13.6. The highest BCUT2D eigenvalue weighted by Crippen LogP contribution is 2.38. The predicted octanol–water partition coefficient (Wildman–Crippen LogP) is 2.83. The van der Waals surface area contributed by atoms with Crippen LogP contribution in [0.15, 0.2) is 18.2 Å². The number of Topliss-reactive ketones (excluding diaryl/α,β-unsaturated/α-hetero) is 1. The summed E-state index contributed by atoms with van der Waals surface area (Å²) in [6.45, 7) is 1.77. The van der Waals surface area contributed by atoms with E-state index in [4.69, 9.17) is 0 Å². The molecule has 2 heterocycles. The summed E-state index contributed by atoms with van der Waals surface area (Å²) in [7, 11) is 0. The van der Waals surface area contributed by atoms with Crippen molar-refractivity contribution in [2.24, 2.45) is 0 Å². The number of hydrogen-bond donors (Lipinski definition) is 0. The van der Waals surface area contributed by atoms with Gasteiger partial charge in [-0.2, -0.15) is 0 Å². The second kappa shape index (κ2) is 3.83. The molecule has 0 radical (unpaired) electrons. The van der Waals surface area contributed by atoms with Crippen molar-refractivity contribution in [3.63, 3.8) is 0 Å². The van der Waals surface area contributed by atoms with E-state index >= 15 is 0 Å². The summed E-state index contributed by atoms with van der Waals surface area (Å²) in [5.41, 5.74) is 1.61. The molecule has 0 N–H and O–H groups in total. The average Bonchev–Trinajstić information content (AvgIpc) is 2.55. The van der Waals surface area contributed by atoms with Crippen molar-refractivity contribution in [2.75, 3.05) is 4.90 Å². The lowest BCUT2D eigenvalue weighted by Crippen LogP contribution is -2.43. The Labute approximate surface area is 100 Å². The van der Waals surface area contributed by atoms with Crippen molar-refractivity contribution in [2.45, 2.75) is 44.7 Å². The fourth-order valence-electron chi connectivity index (χ4n) is 3.13. The number of halogens is 1. The van der Waals surface area contributed by atoms with Crippen molar-refractivity contribution < 1.29 is 9.18 Å². The van der Waals surface area contributed by atoms with Gasteiger partial charge in [-0.05, 0) is 37.5 Å². The summed E-state index contributed by atoms with van der Waals surface area (Å²) in [5, 5.41) is 0. The first kappa shape index (κ1) is 10.8. The molecular formula is C14H16FNO. The Morgan fingerprint density at radius 2 is 1.88 bits per heavy atom. The van der Waals surface area contributed by atoms with E-state index in [0.29, 0.717) is 36.3 Å². The molecule has 90 valence electrons. The first-order valence-corrected chi connectivity index (χ1v) is 6.21. The van der Waals surface area contributed by atoms with Gasteiger partial charge in [0.25, 0.3) is 0 Å². The maximum Gasteiger partial charge on any atom is 0.137 e. The van der Waals surface area contributed by atoms with E-state index in [9.17, 15) is 9.18 Å². The minimum Gasteiger partial charge on any atom is -0.365 e. The van der Waals surface area contributed by atoms with Gasteiger partial charge in [0, 0.05) is 30.6 Å². The van der Waals surface area contributed by atoms with Crippen LogP contribution in [0.5, 0.6) is 0 Å². The second-order valence-corrected chi connectivity index (χ2v) is 5.17. The Morgan fingerprint density at radius 1 is 1.24 bits per heavy atom. The zero-order chi connectivity index (χ0) is 12.0. The topological polar surface area (TPSA) is 20.3 Å². The first-order valence-electron chi connectivity index (χ1n) is 6.21. The van der Waals surface area contributed by atoms with Crippen molar-refractivity contribution in [3.8, 4) is 0 Å². The molecule has 0 spiro atoms. The smallest absolute Gasteiger partial charge is 0.137 e. The third-order valence-electron chi connectivity index (χ3n) is 4.00. The van der Waals surface area contributed by atoms with Crippen LogP contribution < -0.4 is 4.90 Å². The largest absolute Gasteiger partial charge is 0.365 e. The van der Waals surface area contributed by atoms with E-state index < -0.39 is 0 Å². The number of rotatable bonds is 1. The van der Waals surface area contributed by atoms with Gasteiger partial charge in [-0.1, -0.05) is 6.07 Å². The molecule has 2 unspecified atom stereocenters. The number of hydrogen-bond acceptors (Lipinski definition) is 2. The molecule has 2 fully saturated rings. The van der Waals surface area contributed by atoms with Gasteiger partial charge >= 0.3 is 0 Å². The quantitative estimate of drug-likeness (QED) is 0.743. The fraction of sp³-hybridized carbons (Fsp3) is 0.500. The lowest BCUT2D eigenvalue weighted by molar-refractivity contribution is -0.120. The fourth-order valence-corrected chi connectivity index (χ4v) is 3.13. The Morgan fingerprint density at radius 3 is 2.47 bits per heavy atom. The van der Waals surface area contributed by atoms with Crippen molar-refractivity contribution in [3.05, 3.63) is 29.6 Å². The molecule has 0 aromatic heterocycles. The van der Waals surface area contributed by atoms with E-state index in [1.165, 1.54) is 0 Å². The summed E-state index contributed by atoms with van der Waals surface area (Å²) in [5.74, 6) is 0.208. The van der Waals surface area contributed by atoms with Crippen LogP contribution >= 0.6 is 0 Å². The van der Waals surface area contributed by atoms with Gasteiger partial charge in [0.1, 0.15) is 11.6 Å².